The van der Waals surface area contributed by atoms with E-state index in [4.69, 9.17) is 0 Å². The van der Waals surface area contributed by atoms with Crippen molar-refractivity contribution in [1.29, 1.82) is 0 Å². The fraction of sp³-hybridized carbons (Fsp3) is 0.368. The van der Waals surface area contributed by atoms with Crippen molar-refractivity contribution in [1.82, 2.24) is 19.3 Å². The zero-order chi connectivity index (χ0) is 18.5. The molecule has 2 aromatic heterocycles. The van der Waals surface area contributed by atoms with Gasteiger partial charge in [0.25, 0.3) is 0 Å². The molecule has 0 N–H and O–H groups in total. The van der Waals surface area contributed by atoms with Gasteiger partial charge in [0.2, 0.25) is 0 Å². The van der Waals surface area contributed by atoms with Crippen molar-refractivity contribution in [2.75, 3.05) is 0 Å². The molecular weight excluding hydrogens is 367 g/mol. The second-order valence-corrected chi connectivity index (χ2v) is 8.40. The predicted molar refractivity (Wildman–Crippen MR) is 99.2 cm³/mol. The van der Waals surface area contributed by atoms with Crippen LogP contribution >= 0.6 is 11.3 Å². The van der Waals surface area contributed by atoms with Gasteiger partial charge in [0.05, 0.1) is 6.54 Å². The summed E-state index contributed by atoms with van der Waals surface area (Å²) in [7, 11) is 0. The Morgan fingerprint density at radius 3 is 2.67 bits per heavy atom. The second kappa shape index (κ2) is 6.23. The van der Waals surface area contributed by atoms with Crippen molar-refractivity contribution in [3.63, 3.8) is 0 Å². The molecule has 2 aliphatic carbocycles. The number of aromatic nitrogens is 4. The molecule has 0 spiro atoms. The van der Waals surface area contributed by atoms with Crippen LogP contribution in [0.15, 0.2) is 46.2 Å². The average molecular weight is 384 g/mol. The molecule has 0 aliphatic heterocycles. The zero-order valence-electron chi connectivity index (χ0n) is 14.4. The molecule has 2 fully saturated rings. The van der Waals surface area contributed by atoms with E-state index in [9.17, 15) is 14.0 Å². The number of nitrogens with zero attached hydrogens (tertiary/aromatic N) is 4. The van der Waals surface area contributed by atoms with Gasteiger partial charge in [-0.2, -0.15) is 0 Å². The molecule has 2 unspecified atom stereocenters. The molecule has 0 saturated heterocycles. The van der Waals surface area contributed by atoms with Gasteiger partial charge in [0.15, 0.2) is 0 Å². The van der Waals surface area contributed by atoms with Crippen LogP contribution in [0.5, 0.6) is 0 Å². The van der Waals surface area contributed by atoms with Gasteiger partial charge in [-0.25, -0.2) is 4.39 Å². The summed E-state index contributed by atoms with van der Waals surface area (Å²) in [5.74, 6) is 1.15. The SMILES string of the molecule is O=c1c(=O)n(C2CC3CC3C2)ccn1Cc1nnc(-c2cccc(F)c2)s1. The molecule has 27 heavy (non-hydrogen) atoms. The monoisotopic (exact) mass is 384 g/mol. The summed E-state index contributed by atoms with van der Waals surface area (Å²) in [6, 6.07) is 6.29. The van der Waals surface area contributed by atoms with E-state index in [1.165, 1.54) is 34.5 Å². The van der Waals surface area contributed by atoms with Crippen LogP contribution < -0.4 is 11.1 Å². The van der Waals surface area contributed by atoms with E-state index in [2.05, 4.69) is 10.2 Å². The van der Waals surface area contributed by atoms with E-state index >= 15 is 0 Å². The molecule has 0 bridgehead atoms. The first-order chi connectivity index (χ1) is 13.1. The van der Waals surface area contributed by atoms with Crippen LogP contribution in [0, 0.1) is 17.7 Å². The van der Waals surface area contributed by atoms with E-state index in [0.29, 0.717) is 15.6 Å². The third-order valence-corrected chi connectivity index (χ3v) is 6.50. The number of rotatable bonds is 4. The van der Waals surface area contributed by atoms with Gasteiger partial charge in [-0.1, -0.05) is 23.5 Å². The highest BCUT2D eigenvalue weighted by molar-refractivity contribution is 7.14. The van der Waals surface area contributed by atoms with Gasteiger partial charge in [0.1, 0.15) is 15.8 Å². The average Bonchev–Trinajstić information content (AvgIpc) is 3.06. The Bertz CT molecular complexity index is 1120. The summed E-state index contributed by atoms with van der Waals surface area (Å²) in [5.41, 5.74) is -0.374. The minimum absolute atomic E-state index is 0.157. The van der Waals surface area contributed by atoms with Crippen LogP contribution in [0.4, 0.5) is 4.39 Å². The highest BCUT2D eigenvalue weighted by Crippen LogP contribution is 2.55. The first-order valence-corrected chi connectivity index (χ1v) is 9.80. The zero-order valence-corrected chi connectivity index (χ0v) is 15.2. The first kappa shape index (κ1) is 16.6. The summed E-state index contributed by atoms with van der Waals surface area (Å²) < 4.78 is 16.3. The standard InChI is InChI=1S/C19H17FN4O2S/c20-14-3-1-2-11(7-14)17-22-21-16(27-17)10-23-4-5-24(19(26)18(23)25)15-8-12-6-13(12)9-15/h1-5,7,12-13,15H,6,8-10H2. The fourth-order valence-corrected chi connectivity index (χ4v) is 4.88. The third kappa shape index (κ3) is 3.03. The Kier molecular flexibility index (Phi) is 3.82. The van der Waals surface area contributed by atoms with Crippen molar-refractivity contribution >= 4 is 11.3 Å². The topological polar surface area (TPSA) is 69.8 Å². The molecule has 3 aromatic rings. The van der Waals surface area contributed by atoms with Crippen LogP contribution in [0.2, 0.25) is 0 Å². The maximum absolute atomic E-state index is 13.4. The number of benzene rings is 1. The smallest absolute Gasteiger partial charge is 0.306 e. The summed E-state index contributed by atoms with van der Waals surface area (Å²) in [4.78, 5) is 25.0. The van der Waals surface area contributed by atoms with E-state index in [1.807, 2.05) is 0 Å². The van der Waals surface area contributed by atoms with Gasteiger partial charge in [-0.3, -0.25) is 9.59 Å². The molecular formula is C19H17FN4O2S. The van der Waals surface area contributed by atoms with Crippen LogP contribution in [0.1, 0.15) is 30.3 Å². The number of fused-ring (bicyclic) bond motifs is 1. The molecule has 0 radical (unpaired) electrons. The maximum Gasteiger partial charge on any atom is 0.316 e. The van der Waals surface area contributed by atoms with Gasteiger partial charge >= 0.3 is 11.1 Å². The Labute approximate surface area is 157 Å². The molecule has 5 rings (SSSR count). The molecule has 6 nitrogen and oxygen atoms in total. The number of halogens is 1. The normalized spacial score (nSPS) is 23.4. The van der Waals surface area contributed by atoms with Crippen molar-refractivity contribution in [3.8, 4) is 10.6 Å². The quantitative estimate of drug-likeness (QED) is 0.649. The minimum Gasteiger partial charge on any atom is -0.306 e. The lowest BCUT2D eigenvalue weighted by Gasteiger charge is -2.15. The lowest BCUT2D eigenvalue weighted by molar-refractivity contribution is 0.445. The van der Waals surface area contributed by atoms with Gasteiger partial charge < -0.3 is 9.13 Å². The van der Waals surface area contributed by atoms with E-state index in [1.54, 1.807) is 29.1 Å². The fourth-order valence-electron chi connectivity index (χ4n) is 4.04. The Morgan fingerprint density at radius 2 is 1.89 bits per heavy atom. The van der Waals surface area contributed by atoms with Crippen molar-refractivity contribution in [3.05, 3.63) is 68.2 Å². The highest BCUT2D eigenvalue weighted by Gasteiger charge is 2.46. The molecule has 8 heteroatoms. The molecule has 2 atom stereocenters. The largest absolute Gasteiger partial charge is 0.316 e. The number of hydrogen-bond acceptors (Lipinski definition) is 5. The first-order valence-electron chi connectivity index (χ1n) is 8.98. The van der Waals surface area contributed by atoms with Crippen LogP contribution in [-0.4, -0.2) is 19.3 Å². The minimum atomic E-state index is -0.541. The van der Waals surface area contributed by atoms with E-state index in [-0.39, 0.29) is 18.4 Å². The van der Waals surface area contributed by atoms with Crippen molar-refractivity contribution in [2.45, 2.75) is 31.8 Å². The Hall–Kier alpha value is -2.61. The number of hydrogen-bond donors (Lipinski definition) is 0. The molecule has 1 aromatic carbocycles. The lowest BCUT2D eigenvalue weighted by Crippen LogP contribution is -2.41. The highest BCUT2D eigenvalue weighted by atomic mass is 32.1. The van der Waals surface area contributed by atoms with E-state index in [0.717, 1.165) is 24.7 Å². The van der Waals surface area contributed by atoms with Crippen LogP contribution in [0.25, 0.3) is 10.6 Å². The third-order valence-electron chi connectivity index (χ3n) is 5.54. The second-order valence-electron chi connectivity index (χ2n) is 7.34. The van der Waals surface area contributed by atoms with Crippen LogP contribution in [-0.2, 0) is 6.54 Å². The molecule has 2 aliphatic rings. The summed E-state index contributed by atoms with van der Waals surface area (Å²) in [6.07, 6.45) is 6.64. The molecule has 2 saturated carbocycles. The lowest BCUT2D eigenvalue weighted by atomic mass is 10.1. The maximum atomic E-state index is 13.4. The summed E-state index contributed by atoms with van der Waals surface area (Å²) in [6.45, 7) is 0.178. The van der Waals surface area contributed by atoms with Crippen LogP contribution in [0.3, 0.4) is 0 Å². The molecule has 0 amide bonds. The van der Waals surface area contributed by atoms with Gasteiger partial charge in [-0.05, 0) is 43.2 Å². The molecule has 2 heterocycles. The van der Waals surface area contributed by atoms with Gasteiger partial charge in [-0.15, -0.1) is 10.2 Å². The summed E-state index contributed by atoms with van der Waals surface area (Å²) >= 11 is 1.28. The predicted octanol–water partition coefficient (Wildman–Crippen LogP) is 2.69. The van der Waals surface area contributed by atoms with Gasteiger partial charge in [0, 0.05) is 24.0 Å². The van der Waals surface area contributed by atoms with E-state index < -0.39 is 11.1 Å². The van der Waals surface area contributed by atoms with Crippen molar-refractivity contribution < 1.29 is 4.39 Å². The van der Waals surface area contributed by atoms with Crippen molar-refractivity contribution in [2.24, 2.45) is 11.8 Å². The summed E-state index contributed by atoms with van der Waals surface area (Å²) in [5, 5.41) is 9.33. The Morgan fingerprint density at radius 1 is 1.07 bits per heavy atom. The molecule has 138 valence electrons. The Balaban J connectivity index is 1.39.